The number of nitrogens with one attached hydrogen (secondary N) is 1. The van der Waals surface area contributed by atoms with Crippen LogP contribution in [0.2, 0.25) is 0 Å². The van der Waals surface area contributed by atoms with E-state index in [1.54, 1.807) is 12.1 Å². The predicted octanol–water partition coefficient (Wildman–Crippen LogP) is 5.31. The van der Waals surface area contributed by atoms with E-state index >= 15 is 0 Å². The molecule has 0 radical (unpaired) electrons. The molecule has 3 aromatic rings. The molecule has 21 heavy (non-hydrogen) atoms. The monoisotopic (exact) mass is 298 g/mol. The Balaban J connectivity index is 1.81. The Morgan fingerprint density at radius 2 is 1.76 bits per heavy atom. The third-order valence-electron chi connectivity index (χ3n) is 3.40. The van der Waals surface area contributed by atoms with Crippen molar-refractivity contribution in [3.05, 3.63) is 64.8 Å². The number of rotatable bonds is 3. The number of hydrogen-bond acceptors (Lipinski definition) is 3. The summed E-state index contributed by atoms with van der Waals surface area (Å²) in [4.78, 5) is 4.54. The van der Waals surface area contributed by atoms with Crippen molar-refractivity contribution in [2.75, 3.05) is 5.32 Å². The first-order chi connectivity index (χ1) is 10.1. The van der Waals surface area contributed by atoms with Crippen LogP contribution in [-0.4, -0.2) is 4.98 Å². The fraction of sp³-hybridized carbons (Fsp3) is 0.118. The lowest BCUT2D eigenvalue weighted by atomic mass is 10.1. The van der Waals surface area contributed by atoms with Crippen LogP contribution in [0.3, 0.4) is 0 Å². The number of anilines is 2. The number of thiazole rings is 1. The normalized spacial score (nSPS) is 10.6. The molecule has 1 heterocycles. The summed E-state index contributed by atoms with van der Waals surface area (Å²) >= 11 is 1.54. The van der Waals surface area contributed by atoms with Gasteiger partial charge in [-0.25, -0.2) is 9.37 Å². The molecule has 0 spiro atoms. The lowest BCUT2D eigenvalue weighted by molar-refractivity contribution is 0.628. The molecule has 1 N–H and O–H groups in total. The molecule has 2 aromatic carbocycles. The highest BCUT2D eigenvalue weighted by Gasteiger charge is 2.05. The highest BCUT2D eigenvalue weighted by Crippen LogP contribution is 2.27. The van der Waals surface area contributed by atoms with Gasteiger partial charge in [0.25, 0.3) is 0 Å². The van der Waals surface area contributed by atoms with E-state index in [9.17, 15) is 4.39 Å². The molecule has 0 unspecified atom stereocenters. The molecule has 0 saturated heterocycles. The molecule has 0 saturated carbocycles. The van der Waals surface area contributed by atoms with E-state index in [0.29, 0.717) is 0 Å². The van der Waals surface area contributed by atoms with Gasteiger partial charge in [0.15, 0.2) is 5.13 Å². The van der Waals surface area contributed by atoms with Crippen LogP contribution in [0.25, 0.3) is 11.3 Å². The lowest BCUT2D eigenvalue weighted by Gasteiger charge is -2.05. The van der Waals surface area contributed by atoms with E-state index in [0.717, 1.165) is 22.1 Å². The van der Waals surface area contributed by atoms with Crippen LogP contribution < -0.4 is 5.32 Å². The van der Waals surface area contributed by atoms with Crippen LogP contribution >= 0.6 is 11.3 Å². The fourth-order valence-corrected chi connectivity index (χ4v) is 2.77. The van der Waals surface area contributed by atoms with Gasteiger partial charge in [-0.15, -0.1) is 11.3 Å². The standard InChI is InChI=1S/C17H15FN2S/c1-11-3-8-15(9-12(11)2)19-17-20-16(10-21-17)13-4-6-14(18)7-5-13/h3-10H,1-2H3,(H,19,20). The first-order valence-electron chi connectivity index (χ1n) is 6.67. The Morgan fingerprint density at radius 3 is 2.48 bits per heavy atom. The molecule has 3 rings (SSSR count). The van der Waals surface area contributed by atoms with E-state index in [4.69, 9.17) is 0 Å². The average molecular weight is 298 g/mol. The number of benzene rings is 2. The SMILES string of the molecule is Cc1ccc(Nc2nc(-c3ccc(F)cc3)cs2)cc1C. The van der Waals surface area contributed by atoms with Crippen molar-refractivity contribution in [1.29, 1.82) is 0 Å². The van der Waals surface area contributed by atoms with E-state index in [-0.39, 0.29) is 5.82 Å². The maximum Gasteiger partial charge on any atom is 0.187 e. The summed E-state index contributed by atoms with van der Waals surface area (Å²) in [6, 6.07) is 12.6. The van der Waals surface area contributed by atoms with Crippen LogP contribution in [0.15, 0.2) is 47.8 Å². The second kappa shape index (κ2) is 5.66. The Kier molecular flexibility index (Phi) is 3.71. The molecular weight excluding hydrogens is 283 g/mol. The van der Waals surface area contributed by atoms with Crippen molar-refractivity contribution in [2.24, 2.45) is 0 Å². The van der Waals surface area contributed by atoms with Crippen LogP contribution in [0, 0.1) is 19.7 Å². The smallest absolute Gasteiger partial charge is 0.187 e. The first kappa shape index (κ1) is 13.8. The number of aryl methyl sites for hydroxylation is 2. The molecule has 0 amide bonds. The zero-order chi connectivity index (χ0) is 14.8. The maximum atomic E-state index is 12.9. The molecule has 0 atom stereocenters. The number of hydrogen-bond donors (Lipinski definition) is 1. The van der Waals surface area contributed by atoms with E-state index < -0.39 is 0 Å². The zero-order valence-corrected chi connectivity index (χ0v) is 12.7. The molecule has 0 aliphatic rings. The molecule has 0 aliphatic heterocycles. The van der Waals surface area contributed by atoms with Crippen molar-refractivity contribution in [3.63, 3.8) is 0 Å². The summed E-state index contributed by atoms with van der Waals surface area (Å²) in [6.45, 7) is 4.18. The van der Waals surface area contributed by atoms with Crippen molar-refractivity contribution in [2.45, 2.75) is 13.8 Å². The zero-order valence-electron chi connectivity index (χ0n) is 11.9. The van der Waals surface area contributed by atoms with Crippen molar-refractivity contribution in [3.8, 4) is 11.3 Å². The molecule has 2 nitrogen and oxygen atoms in total. The molecule has 0 fully saturated rings. The minimum absolute atomic E-state index is 0.234. The molecular formula is C17H15FN2S. The topological polar surface area (TPSA) is 24.9 Å². The number of nitrogens with zero attached hydrogens (tertiary/aromatic N) is 1. The number of halogens is 1. The first-order valence-corrected chi connectivity index (χ1v) is 7.55. The summed E-state index contributed by atoms with van der Waals surface area (Å²) in [7, 11) is 0. The van der Waals surface area contributed by atoms with E-state index in [1.165, 1.54) is 34.6 Å². The predicted molar refractivity (Wildman–Crippen MR) is 86.7 cm³/mol. The van der Waals surface area contributed by atoms with Crippen molar-refractivity contribution in [1.82, 2.24) is 4.98 Å². The van der Waals surface area contributed by atoms with Gasteiger partial charge in [-0.1, -0.05) is 6.07 Å². The third kappa shape index (κ3) is 3.11. The lowest BCUT2D eigenvalue weighted by Crippen LogP contribution is -1.91. The molecule has 106 valence electrons. The summed E-state index contributed by atoms with van der Waals surface area (Å²) < 4.78 is 12.9. The summed E-state index contributed by atoms with van der Waals surface area (Å²) in [5.74, 6) is -0.234. The van der Waals surface area contributed by atoms with Gasteiger partial charge in [-0.2, -0.15) is 0 Å². The summed E-state index contributed by atoms with van der Waals surface area (Å²) in [6.07, 6.45) is 0. The van der Waals surface area contributed by atoms with Gasteiger partial charge in [0.1, 0.15) is 5.82 Å². The average Bonchev–Trinajstić information content (AvgIpc) is 2.92. The van der Waals surface area contributed by atoms with Crippen LogP contribution in [0.5, 0.6) is 0 Å². The Labute approximate surface area is 127 Å². The van der Waals surface area contributed by atoms with E-state index in [1.807, 2.05) is 11.4 Å². The Bertz CT molecular complexity index is 763. The van der Waals surface area contributed by atoms with Gasteiger partial charge in [0.2, 0.25) is 0 Å². The Hall–Kier alpha value is -2.20. The van der Waals surface area contributed by atoms with Gasteiger partial charge in [-0.3, -0.25) is 0 Å². The van der Waals surface area contributed by atoms with Gasteiger partial charge >= 0.3 is 0 Å². The molecule has 4 heteroatoms. The van der Waals surface area contributed by atoms with Gasteiger partial charge in [-0.05, 0) is 61.4 Å². The molecule has 0 aliphatic carbocycles. The summed E-state index contributed by atoms with van der Waals surface area (Å²) in [5.41, 5.74) is 5.31. The minimum Gasteiger partial charge on any atom is -0.332 e. The van der Waals surface area contributed by atoms with Crippen molar-refractivity contribution < 1.29 is 4.39 Å². The molecule has 1 aromatic heterocycles. The third-order valence-corrected chi connectivity index (χ3v) is 4.16. The van der Waals surface area contributed by atoms with Gasteiger partial charge in [0, 0.05) is 16.6 Å². The van der Waals surface area contributed by atoms with E-state index in [2.05, 4.69) is 36.3 Å². The van der Waals surface area contributed by atoms with Gasteiger partial charge < -0.3 is 5.32 Å². The van der Waals surface area contributed by atoms with Gasteiger partial charge in [0.05, 0.1) is 5.69 Å². The molecule has 0 bridgehead atoms. The fourth-order valence-electron chi connectivity index (χ4n) is 2.03. The largest absolute Gasteiger partial charge is 0.332 e. The maximum absolute atomic E-state index is 12.9. The van der Waals surface area contributed by atoms with Crippen molar-refractivity contribution >= 4 is 22.2 Å². The van der Waals surface area contributed by atoms with Crippen LogP contribution in [0.4, 0.5) is 15.2 Å². The van der Waals surface area contributed by atoms with Crippen LogP contribution in [-0.2, 0) is 0 Å². The Morgan fingerprint density at radius 1 is 1.00 bits per heavy atom. The number of aromatic nitrogens is 1. The van der Waals surface area contributed by atoms with Crippen LogP contribution in [0.1, 0.15) is 11.1 Å². The second-order valence-corrected chi connectivity index (χ2v) is 5.83. The second-order valence-electron chi connectivity index (χ2n) is 4.97. The highest BCUT2D eigenvalue weighted by atomic mass is 32.1. The quantitative estimate of drug-likeness (QED) is 0.709. The highest BCUT2D eigenvalue weighted by molar-refractivity contribution is 7.14. The summed E-state index contributed by atoms with van der Waals surface area (Å²) in [5, 5.41) is 6.11. The minimum atomic E-state index is -0.234.